The minimum atomic E-state index is -0.274. The van der Waals surface area contributed by atoms with Crippen LogP contribution < -0.4 is 16.2 Å². The highest BCUT2D eigenvalue weighted by Gasteiger charge is 2.16. The molecule has 0 saturated heterocycles. The number of H-pyrrole nitrogens is 1. The topological polar surface area (TPSA) is 108 Å². The van der Waals surface area contributed by atoms with Gasteiger partial charge in [0.15, 0.2) is 11.5 Å². The van der Waals surface area contributed by atoms with Crippen LogP contribution in [-0.4, -0.2) is 32.7 Å². The molecule has 0 amide bonds. The Hall–Kier alpha value is -3.03. The maximum atomic E-state index is 12.4. The fourth-order valence-electron chi connectivity index (χ4n) is 3.09. The highest BCUT2D eigenvalue weighted by atomic mass is 16.5. The summed E-state index contributed by atoms with van der Waals surface area (Å²) in [6.45, 7) is 1.41. The van der Waals surface area contributed by atoms with Crippen molar-refractivity contribution in [2.24, 2.45) is 0 Å². The first-order chi connectivity index (χ1) is 12.7. The van der Waals surface area contributed by atoms with Gasteiger partial charge in [0.1, 0.15) is 12.1 Å². The molecule has 3 N–H and O–H groups in total. The Labute approximate surface area is 150 Å². The van der Waals surface area contributed by atoms with Crippen LogP contribution in [0, 0.1) is 0 Å². The Morgan fingerprint density at radius 2 is 2.12 bits per heavy atom. The van der Waals surface area contributed by atoms with Gasteiger partial charge < -0.3 is 20.2 Å². The summed E-state index contributed by atoms with van der Waals surface area (Å²) >= 11 is 0. The second-order valence-electron chi connectivity index (χ2n) is 6.31. The minimum absolute atomic E-state index is 0.191. The van der Waals surface area contributed by atoms with Crippen LogP contribution >= 0.6 is 0 Å². The first kappa shape index (κ1) is 16.4. The molecule has 1 aliphatic heterocycles. The van der Waals surface area contributed by atoms with Crippen molar-refractivity contribution >= 4 is 17.0 Å². The molecule has 4 rings (SSSR count). The molecule has 0 unspecified atom stereocenters. The summed E-state index contributed by atoms with van der Waals surface area (Å²) in [7, 11) is 0. The number of nitrogens with two attached hydrogens (primary N) is 1. The summed E-state index contributed by atoms with van der Waals surface area (Å²) in [6, 6.07) is 0.191. The van der Waals surface area contributed by atoms with Crippen molar-refractivity contribution in [3.63, 3.8) is 0 Å². The molecule has 8 heteroatoms. The zero-order chi connectivity index (χ0) is 17.9. The fraction of sp³-hybridized carbons (Fsp3) is 0.389. The lowest BCUT2D eigenvalue weighted by Crippen LogP contribution is -2.18. The second kappa shape index (κ2) is 7.07. The van der Waals surface area contributed by atoms with E-state index in [-0.39, 0.29) is 17.5 Å². The summed E-state index contributed by atoms with van der Waals surface area (Å²) < 4.78 is 13.0. The molecule has 0 spiro atoms. The van der Waals surface area contributed by atoms with Gasteiger partial charge in [-0.05, 0) is 30.9 Å². The second-order valence-corrected chi connectivity index (χ2v) is 6.31. The van der Waals surface area contributed by atoms with E-state index in [9.17, 15) is 4.79 Å². The average Bonchev–Trinajstić information content (AvgIpc) is 2.93. The number of anilines is 1. The molecule has 0 radical (unpaired) electrons. The van der Waals surface area contributed by atoms with Gasteiger partial charge in [-0.15, -0.1) is 0 Å². The number of fused-ring (bicyclic) bond motifs is 2. The van der Waals surface area contributed by atoms with Crippen LogP contribution in [0.2, 0.25) is 0 Å². The van der Waals surface area contributed by atoms with Gasteiger partial charge in [0.25, 0.3) is 0 Å². The van der Waals surface area contributed by atoms with Gasteiger partial charge >= 0.3 is 11.7 Å². The molecular weight excluding hydrogens is 334 g/mol. The van der Waals surface area contributed by atoms with Crippen LogP contribution in [0.4, 0.5) is 5.82 Å². The molecule has 0 saturated carbocycles. The highest BCUT2D eigenvalue weighted by molar-refractivity contribution is 5.81. The van der Waals surface area contributed by atoms with E-state index in [0.29, 0.717) is 30.9 Å². The van der Waals surface area contributed by atoms with Crippen molar-refractivity contribution in [1.82, 2.24) is 19.5 Å². The van der Waals surface area contributed by atoms with Gasteiger partial charge in [-0.25, -0.2) is 4.79 Å². The monoisotopic (exact) mass is 355 g/mol. The van der Waals surface area contributed by atoms with E-state index < -0.39 is 0 Å². The van der Waals surface area contributed by atoms with Crippen molar-refractivity contribution in [3.05, 3.63) is 46.1 Å². The zero-order valence-corrected chi connectivity index (χ0v) is 14.4. The van der Waals surface area contributed by atoms with Gasteiger partial charge in [-0.3, -0.25) is 4.57 Å². The molecule has 136 valence electrons. The van der Waals surface area contributed by atoms with Gasteiger partial charge in [-0.1, -0.05) is 18.2 Å². The third-order valence-corrected chi connectivity index (χ3v) is 4.39. The Balaban J connectivity index is 1.76. The largest absolute Gasteiger partial charge is 0.494 e. The van der Waals surface area contributed by atoms with E-state index in [2.05, 4.69) is 27.1 Å². The average molecular weight is 355 g/mol. The molecule has 0 aromatic carbocycles. The van der Waals surface area contributed by atoms with Crippen LogP contribution in [0.25, 0.3) is 11.2 Å². The van der Waals surface area contributed by atoms with Gasteiger partial charge in [-0.2, -0.15) is 9.97 Å². The SMILES string of the molecule is Nc1nc2nc3c1[nH]c(=O)n3CC1=CCCC(=C1)OC/C=C/CCCO2. The molecular formula is C18H21N5O3. The predicted molar refractivity (Wildman–Crippen MR) is 97.8 cm³/mol. The van der Waals surface area contributed by atoms with E-state index in [4.69, 9.17) is 15.2 Å². The van der Waals surface area contributed by atoms with Crippen LogP contribution in [0.1, 0.15) is 25.7 Å². The number of nitrogen functional groups attached to an aromatic ring is 1. The quantitative estimate of drug-likeness (QED) is 0.700. The third-order valence-electron chi connectivity index (χ3n) is 4.39. The van der Waals surface area contributed by atoms with Crippen molar-refractivity contribution in [2.45, 2.75) is 32.2 Å². The lowest BCUT2D eigenvalue weighted by molar-refractivity contribution is 0.234. The minimum Gasteiger partial charge on any atom is -0.494 e. The number of ether oxygens (including phenoxy) is 2. The number of hydrogen-bond acceptors (Lipinski definition) is 6. The molecule has 4 bridgehead atoms. The summed E-state index contributed by atoms with van der Waals surface area (Å²) in [6.07, 6.45) is 11.7. The summed E-state index contributed by atoms with van der Waals surface area (Å²) in [5, 5.41) is 0. The lowest BCUT2D eigenvalue weighted by Gasteiger charge is -2.15. The van der Waals surface area contributed by atoms with E-state index in [1.54, 1.807) is 4.57 Å². The normalized spacial score (nSPS) is 19.4. The summed E-state index contributed by atoms with van der Waals surface area (Å²) in [5.41, 5.74) is 7.60. The standard InChI is InChI=1S/C18H21N5O3/c19-15-14-16-22-17(21-15)26-9-4-2-1-3-8-25-13-7-5-6-12(10-13)11-23(16)18(24)20-14/h1,3,6,10H,2,4-5,7-9,11H2,(H,20,24)(H2,19,21,22)/b3-1+. The zero-order valence-electron chi connectivity index (χ0n) is 14.4. The van der Waals surface area contributed by atoms with Crippen LogP contribution in [0.5, 0.6) is 6.01 Å². The Morgan fingerprint density at radius 1 is 1.19 bits per heavy atom. The Bertz CT molecular complexity index is 967. The third kappa shape index (κ3) is 3.35. The van der Waals surface area contributed by atoms with Crippen LogP contribution in [0.3, 0.4) is 0 Å². The number of aromatic nitrogens is 4. The number of rotatable bonds is 0. The lowest BCUT2D eigenvalue weighted by atomic mass is 10.1. The number of allylic oxidation sites excluding steroid dienone is 5. The van der Waals surface area contributed by atoms with Crippen molar-refractivity contribution in [1.29, 1.82) is 0 Å². The Morgan fingerprint density at radius 3 is 3.04 bits per heavy atom. The number of nitrogens with zero attached hydrogens (tertiary/aromatic N) is 3. The highest BCUT2D eigenvalue weighted by Crippen LogP contribution is 2.22. The van der Waals surface area contributed by atoms with Crippen molar-refractivity contribution < 1.29 is 9.47 Å². The summed E-state index contributed by atoms with van der Waals surface area (Å²) in [5.74, 6) is 1.14. The Kier molecular flexibility index (Phi) is 4.47. The molecule has 3 heterocycles. The van der Waals surface area contributed by atoms with Crippen molar-refractivity contribution in [3.8, 4) is 6.01 Å². The van der Waals surface area contributed by atoms with E-state index in [1.807, 2.05) is 12.2 Å². The van der Waals surface area contributed by atoms with E-state index in [0.717, 1.165) is 37.0 Å². The molecule has 8 nitrogen and oxygen atoms in total. The van der Waals surface area contributed by atoms with Gasteiger partial charge in [0, 0.05) is 6.42 Å². The molecule has 2 aliphatic rings. The van der Waals surface area contributed by atoms with Gasteiger partial charge in [0.2, 0.25) is 0 Å². The first-order valence-electron chi connectivity index (χ1n) is 8.77. The molecule has 1 aliphatic carbocycles. The van der Waals surface area contributed by atoms with E-state index in [1.165, 1.54) is 0 Å². The van der Waals surface area contributed by atoms with E-state index >= 15 is 0 Å². The maximum Gasteiger partial charge on any atom is 0.328 e. The molecule has 0 atom stereocenters. The number of nitrogens with one attached hydrogen (secondary N) is 1. The molecule has 2 aromatic heterocycles. The molecule has 0 fully saturated rings. The molecule has 2 aromatic rings. The number of imidazole rings is 1. The predicted octanol–water partition coefficient (Wildman–Crippen LogP) is 2.05. The maximum absolute atomic E-state index is 12.4. The van der Waals surface area contributed by atoms with Crippen LogP contribution in [0.15, 0.2) is 40.4 Å². The first-order valence-corrected chi connectivity index (χ1v) is 8.77. The number of hydrogen-bond donors (Lipinski definition) is 2. The van der Waals surface area contributed by atoms with Crippen molar-refractivity contribution in [2.75, 3.05) is 18.9 Å². The fourth-order valence-corrected chi connectivity index (χ4v) is 3.09. The smallest absolute Gasteiger partial charge is 0.328 e. The summed E-state index contributed by atoms with van der Waals surface area (Å²) in [4.78, 5) is 23.7. The van der Waals surface area contributed by atoms with Crippen LogP contribution in [-0.2, 0) is 11.3 Å². The molecule has 26 heavy (non-hydrogen) atoms. The number of aromatic amines is 1. The van der Waals surface area contributed by atoms with Gasteiger partial charge in [0.05, 0.1) is 18.9 Å².